The van der Waals surface area contributed by atoms with Gasteiger partial charge in [-0.1, -0.05) is 19.9 Å². The molecule has 1 aromatic rings. The molecule has 0 radical (unpaired) electrons. The van der Waals surface area contributed by atoms with Crippen LogP contribution in [-0.2, 0) is 4.79 Å². The van der Waals surface area contributed by atoms with Gasteiger partial charge in [-0.15, -0.1) is 0 Å². The summed E-state index contributed by atoms with van der Waals surface area (Å²) in [6.07, 6.45) is 0.323. The van der Waals surface area contributed by atoms with Gasteiger partial charge in [-0.25, -0.2) is 4.39 Å². The van der Waals surface area contributed by atoms with Crippen molar-refractivity contribution in [1.29, 1.82) is 0 Å². The highest BCUT2D eigenvalue weighted by Gasteiger charge is 2.18. The molecule has 0 fully saturated rings. The molecule has 19 heavy (non-hydrogen) atoms. The summed E-state index contributed by atoms with van der Waals surface area (Å²) < 4.78 is 18.5. The quantitative estimate of drug-likeness (QED) is 0.797. The van der Waals surface area contributed by atoms with Gasteiger partial charge in [0.25, 0.3) is 0 Å². The van der Waals surface area contributed by atoms with Crippen molar-refractivity contribution in [1.82, 2.24) is 5.32 Å². The first kappa shape index (κ1) is 15.4. The molecule has 1 unspecified atom stereocenters. The molecule has 0 heterocycles. The normalized spacial score (nSPS) is 12.5. The summed E-state index contributed by atoms with van der Waals surface area (Å²) >= 11 is 0. The van der Waals surface area contributed by atoms with E-state index in [9.17, 15) is 9.18 Å². The monoisotopic (exact) mass is 269 g/mol. The Morgan fingerprint density at radius 3 is 2.74 bits per heavy atom. The lowest BCUT2D eigenvalue weighted by Crippen LogP contribution is -2.41. The Morgan fingerprint density at radius 1 is 1.47 bits per heavy atom. The van der Waals surface area contributed by atoms with Gasteiger partial charge in [-0.3, -0.25) is 4.79 Å². The van der Waals surface area contributed by atoms with E-state index in [1.54, 1.807) is 6.07 Å². The summed E-state index contributed by atoms with van der Waals surface area (Å²) in [5, 5.41) is 12.0. The fraction of sp³-hybridized carbons (Fsp3) is 0.500. The Morgan fingerprint density at radius 2 is 2.16 bits per heavy atom. The zero-order chi connectivity index (χ0) is 14.4. The molecule has 0 aromatic heterocycles. The topological polar surface area (TPSA) is 58.6 Å². The van der Waals surface area contributed by atoms with Gasteiger partial charge in [-0.2, -0.15) is 0 Å². The van der Waals surface area contributed by atoms with Crippen molar-refractivity contribution in [2.45, 2.75) is 39.3 Å². The molecule has 2 N–H and O–H groups in total. The summed E-state index contributed by atoms with van der Waals surface area (Å²) in [5.74, 6) is -0.822. The Bertz CT molecular complexity index is 435. The van der Waals surface area contributed by atoms with E-state index in [1.807, 2.05) is 20.8 Å². The Balaban J connectivity index is 2.52. The molecule has 0 saturated carbocycles. The van der Waals surface area contributed by atoms with Gasteiger partial charge in [-0.05, 0) is 18.6 Å². The van der Waals surface area contributed by atoms with Crippen molar-refractivity contribution in [3.63, 3.8) is 0 Å². The molecule has 0 aliphatic heterocycles. The number of rotatable bonds is 7. The van der Waals surface area contributed by atoms with Crippen molar-refractivity contribution < 1.29 is 19.0 Å². The van der Waals surface area contributed by atoms with E-state index in [1.165, 1.54) is 12.1 Å². The number of hydrogen-bond donors (Lipinski definition) is 2. The average molecular weight is 269 g/mol. The second kappa shape index (κ2) is 7.09. The third-order valence-electron chi connectivity index (χ3n) is 2.65. The van der Waals surface area contributed by atoms with Crippen LogP contribution in [0.15, 0.2) is 18.2 Å². The lowest BCUT2D eigenvalue weighted by Gasteiger charge is -2.17. The number of nitrogens with one attached hydrogen (secondary N) is 1. The first-order valence-electron chi connectivity index (χ1n) is 6.28. The third kappa shape index (κ3) is 5.26. The lowest BCUT2D eigenvalue weighted by molar-refractivity contribution is -0.140. The summed E-state index contributed by atoms with van der Waals surface area (Å²) in [5.41, 5.74) is 0.824. The maximum Gasteiger partial charge on any atom is 0.320 e. The molecule has 1 atom stereocenters. The van der Waals surface area contributed by atoms with Crippen molar-refractivity contribution in [3.8, 4) is 5.75 Å². The summed E-state index contributed by atoms with van der Waals surface area (Å²) in [6, 6.07) is 3.72. The number of benzene rings is 1. The first-order valence-corrected chi connectivity index (χ1v) is 6.28. The molecule has 0 aliphatic rings. The predicted molar refractivity (Wildman–Crippen MR) is 70.9 cm³/mol. The van der Waals surface area contributed by atoms with Gasteiger partial charge >= 0.3 is 5.97 Å². The molecule has 0 bridgehead atoms. The SMILES string of the molecule is Cc1ccc(F)cc1OCCC(NC(C)C)C(=O)O. The van der Waals surface area contributed by atoms with Crippen molar-refractivity contribution in [3.05, 3.63) is 29.6 Å². The number of aliphatic carboxylic acids is 1. The van der Waals surface area contributed by atoms with Crippen LogP contribution < -0.4 is 10.1 Å². The molecule has 0 amide bonds. The molecule has 0 saturated heterocycles. The zero-order valence-electron chi connectivity index (χ0n) is 11.4. The van der Waals surface area contributed by atoms with Crippen LogP contribution in [0.5, 0.6) is 5.75 Å². The molecular weight excluding hydrogens is 249 g/mol. The van der Waals surface area contributed by atoms with Crippen LogP contribution in [0.25, 0.3) is 0 Å². The molecule has 1 rings (SSSR count). The highest BCUT2D eigenvalue weighted by Crippen LogP contribution is 2.18. The molecule has 0 aliphatic carbocycles. The highest BCUT2D eigenvalue weighted by molar-refractivity contribution is 5.73. The van der Waals surface area contributed by atoms with Crippen molar-refractivity contribution in [2.24, 2.45) is 0 Å². The van der Waals surface area contributed by atoms with Crippen LogP contribution >= 0.6 is 0 Å². The Kier molecular flexibility index (Phi) is 5.76. The van der Waals surface area contributed by atoms with Crippen molar-refractivity contribution >= 4 is 5.97 Å². The number of ether oxygens (including phenoxy) is 1. The van der Waals surface area contributed by atoms with Crippen LogP contribution in [0.3, 0.4) is 0 Å². The highest BCUT2D eigenvalue weighted by atomic mass is 19.1. The largest absolute Gasteiger partial charge is 0.493 e. The summed E-state index contributed by atoms with van der Waals surface area (Å²) in [7, 11) is 0. The summed E-state index contributed by atoms with van der Waals surface area (Å²) in [6.45, 7) is 5.80. The minimum atomic E-state index is -0.909. The minimum absolute atomic E-state index is 0.0806. The van der Waals surface area contributed by atoms with Gasteiger partial charge in [0.2, 0.25) is 0 Å². The van der Waals surface area contributed by atoms with Crippen LogP contribution in [0.1, 0.15) is 25.8 Å². The van der Waals surface area contributed by atoms with E-state index in [2.05, 4.69) is 5.32 Å². The van der Waals surface area contributed by atoms with Crippen LogP contribution in [0.4, 0.5) is 4.39 Å². The van der Waals surface area contributed by atoms with Gasteiger partial charge in [0.15, 0.2) is 0 Å². The molecule has 106 valence electrons. The van der Waals surface area contributed by atoms with E-state index in [0.717, 1.165) is 5.56 Å². The third-order valence-corrected chi connectivity index (χ3v) is 2.65. The number of carboxylic acid groups (broad SMARTS) is 1. The Hall–Kier alpha value is -1.62. The fourth-order valence-corrected chi connectivity index (χ4v) is 1.70. The van der Waals surface area contributed by atoms with Crippen LogP contribution in [-0.4, -0.2) is 29.8 Å². The maximum atomic E-state index is 13.0. The van der Waals surface area contributed by atoms with Crippen LogP contribution in [0.2, 0.25) is 0 Å². The smallest absolute Gasteiger partial charge is 0.320 e. The van der Waals surface area contributed by atoms with E-state index >= 15 is 0 Å². The second-order valence-corrected chi connectivity index (χ2v) is 4.76. The number of carboxylic acids is 1. The molecule has 1 aromatic carbocycles. The standard InChI is InChI=1S/C14H20FNO3/c1-9(2)16-12(14(17)18)6-7-19-13-8-11(15)5-4-10(13)3/h4-5,8-9,12,16H,6-7H2,1-3H3,(H,17,18). The molecule has 4 nitrogen and oxygen atoms in total. The van der Waals surface area contributed by atoms with E-state index < -0.39 is 12.0 Å². The second-order valence-electron chi connectivity index (χ2n) is 4.76. The van der Waals surface area contributed by atoms with E-state index in [-0.39, 0.29) is 18.5 Å². The van der Waals surface area contributed by atoms with Crippen molar-refractivity contribution in [2.75, 3.05) is 6.61 Å². The minimum Gasteiger partial charge on any atom is -0.493 e. The average Bonchev–Trinajstić information content (AvgIpc) is 2.31. The van der Waals surface area contributed by atoms with Gasteiger partial charge in [0.05, 0.1) is 6.61 Å². The Labute approximate surface area is 112 Å². The van der Waals surface area contributed by atoms with E-state index in [4.69, 9.17) is 9.84 Å². The first-order chi connectivity index (χ1) is 8.90. The van der Waals surface area contributed by atoms with Gasteiger partial charge < -0.3 is 15.2 Å². The molecule has 0 spiro atoms. The number of carbonyl (C=O) groups is 1. The van der Waals surface area contributed by atoms with Gasteiger partial charge in [0.1, 0.15) is 17.6 Å². The predicted octanol–water partition coefficient (Wildman–Crippen LogP) is 2.35. The number of halogens is 1. The number of hydrogen-bond acceptors (Lipinski definition) is 3. The van der Waals surface area contributed by atoms with E-state index in [0.29, 0.717) is 12.2 Å². The van der Waals surface area contributed by atoms with Crippen LogP contribution in [0, 0.1) is 12.7 Å². The molecule has 5 heteroatoms. The summed E-state index contributed by atoms with van der Waals surface area (Å²) in [4.78, 5) is 11.0. The molecular formula is C14H20FNO3. The zero-order valence-corrected chi connectivity index (χ0v) is 11.4. The maximum absolute atomic E-state index is 13.0. The lowest BCUT2D eigenvalue weighted by atomic mass is 10.2. The number of aryl methyl sites for hydroxylation is 1. The van der Waals surface area contributed by atoms with Gasteiger partial charge in [0, 0.05) is 18.5 Å². The fourth-order valence-electron chi connectivity index (χ4n) is 1.70.